The predicted molar refractivity (Wildman–Crippen MR) is 70.3 cm³/mol. The molecule has 0 aliphatic rings. The van der Waals surface area contributed by atoms with Gasteiger partial charge in [-0.2, -0.15) is 5.10 Å². The number of halogens is 3. The number of nitrogen functional groups attached to an aromatic ring is 1. The highest BCUT2D eigenvalue weighted by molar-refractivity contribution is 6.42. The Labute approximate surface area is 110 Å². The highest BCUT2D eigenvalue weighted by Gasteiger charge is 2.06. The van der Waals surface area contributed by atoms with Gasteiger partial charge in [0.15, 0.2) is 0 Å². The first kappa shape index (κ1) is 13.2. The van der Waals surface area contributed by atoms with E-state index in [-0.39, 0.29) is 12.4 Å². The maximum Gasteiger partial charge on any atom is 0.121 e. The van der Waals surface area contributed by atoms with Gasteiger partial charge in [0.05, 0.1) is 15.7 Å². The molecule has 0 bridgehead atoms. The zero-order valence-corrected chi connectivity index (χ0v) is 10.8. The fraction of sp³-hybridized carbons (Fsp3) is 0.100. The van der Waals surface area contributed by atoms with E-state index in [1.807, 2.05) is 6.07 Å². The molecule has 0 radical (unpaired) electrons. The maximum atomic E-state index is 5.91. The largest absolute Gasteiger partial charge is 0.384 e. The number of aromatic nitrogens is 2. The molecule has 0 aliphatic carbocycles. The Morgan fingerprint density at radius 3 is 2.38 bits per heavy atom. The summed E-state index contributed by atoms with van der Waals surface area (Å²) in [6.07, 6.45) is 0. The molecule has 0 spiro atoms. The number of hydrogen-bond donors (Lipinski definition) is 1. The Hall–Kier alpha value is -0.900. The minimum Gasteiger partial charge on any atom is -0.384 e. The van der Waals surface area contributed by atoms with Gasteiger partial charge in [-0.3, -0.25) is 4.68 Å². The number of nitrogens with two attached hydrogens (primary N) is 1. The molecular formula is C10H10Cl3N3. The molecule has 2 aromatic rings. The molecular weight excluding hydrogens is 268 g/mol. The summed E-state index contributed by atoms with van der Waals surface area (Å²) in [5.41, 5.74) is 7.37. The van der Waals surface area contributed by atoms with E-state index < -0.39 is 0 Å². The monoisotopic (exact) mass is 277 g/mol. The smallest absolute Gasteiger partial charge is 0.121 e. The summed E-state index contributed by atoms with van der Waals surface area (Å²) >= 11 is 11.7. The molecule has 0 unspecified atom stereocenters. The van der Waals surface area contributed by atoms with E-state index in [4.69, 9.17) is 28.9 Å². The molecule has 86 valence electrons. The Morgan fingerprint density at radius 1 is 1.19 bits per heavy atom. The third kappa shape index (κ3) is 2.43. The van der Waals surface area contributed by atoms with Crippen molar-refractivity contribution in [2.75, 3.05) is 5.73 Å². The van der Waals surface area contributed by atoms with Gasteiger partial charge in [-0.05, 0) is 12.1 Å². The third-order valence-electron chi connectivity index (χ3n) is 2.13. The van der Waals surface area contributed by atoms with Crippen molar-refractivity contribution < 1.29 is 0 Å². The van der Waals surface area contributed by atoms with Crippen molar-refractivity contribution in [2.24, 2.45) is 7.05 Å². The van der Waals surface area contributed by atoms with E-state index in [0.29, 0.717) is 15.9 Å². The van der Waals surface area contributed by atoms with E-state index in [1.54, 1.807) is 29.9 Å². The molecule has 0 fully saturated rings. The van der Waals surface area contributed by atoms with Crippen LogP contribution in [0.1, 0.15) is 0 Å². The highest BCUT2D eigenvalue weighted by atomic mass is 35.5. The Bertz CT molecular complexity index is 489. The van der Waals surface area contributed by atoms with Crippen molar-refractivity contribution in [3.05, 3.63) is 34.3 Å². The highest BCUT2D eigenvalue weighted by Crippen LogP contribution is 2.28. The van der Waals surface area contributed by atoms with Crippen LogP contribution in [-0.4, -0.2) is 9.78 Å². The lowest BCUT2D eigenvalue weighted by molar-refractivity contribution is 0.782. The molecule has 0 saturated carbocycles. The van der Waals surface area contributed by atoms with E-state index in [9.17, 15) is 0 Å². The molecule has 1 heterocycles. The number of hydrogen-bond acceptors (Lipinski definition) is 2. The molecule has 0 aliphatic heterocycles. The van der Waals surface area contributed by atoms with E-state index >= 15 is 0 Å². The topological polar surface area (TPSA) is 43.8 Å². The van der Waals surface area contributed by atoms with Crippen molar-refractivity contribution in [3.8, 4) is 11.3 Å². The van der Waals surface area contributed by atoms with Crippen molar-refractivity contribution in [2.45, 2.75) is 0 Å². The van der Waals surface area contributed by atoms with Crippen LogP contribution in [0.5, 0.6) is 0 Å². The lowest BCUT2D eigenvalue weighted by Gasteiger charge is -1.99. The first-order valence-electron chi connectivity index (χ1n) is 4.33. The molecule has 16 heavy (non-hydrogen) atoms. The number of anilines is 1. The standard InChI is InChI=1S/C10H9Cl2N3.ClH/c1-15-10(13)5-9(14-15)6-2-3-7(11)8(12)4-6;/h2-5H,13H2,1H3;1H. The third-order valence-corrected chi connectivity index (χ3v) is 2.87. The summed E-state index contributed by atoms with van der Waals surface area (Å²) in [7, 11) is 1.79. The lowest BCUT2D eigenvalue weighted by atomic mass is 10.1. The Kier molecular flexibility index (Phi) is 4.08. The molecule has 3 nitrogen and oxygen atoms in total. The molecule has 2 rings (SSSR count). The summed E-state index contributed by atoms with van der Waals surface area (Å²) in [6, 6.07) is 7.16. The fourth-order valence-electron chi connectivity index (χ4n) is 1.28. The van der Waals surface area contributed by atoms with Crippen molar-refractivity contribution in [1.29, 1.82) is 0 Å². The average molecular weight is 279 g/mol. The minimum absolute atomic E-state index is 0. The number of aryl methyl sites for hydroxylation is 1. The number of rotatable bonds is 1. The van der Waals surface area contributed by atoms with Crippen molar-refractivity contribution >= 4 is 41.4 Å². The van der Waals surface area contributed by atoms with Gasteiger partial charge in [0.25, 0.3) is 0 Å². The first-order valence-corrected chi connectivity index (χ1v) is 5.08. The summed E-state index contributed by atoms with van der Waals surface area (Å²) < 4.78 is 1.61. The molecule has 0 atom stereocenters. The van der Waals surface area contributed by atoms with Crippen LogP contribution < -0.4 is 5.73 Å². The van der Waals surface area contributed by atoms with Crippen molar-refractivity contribution in [1.82, 2.24) is 9.78 Å². The normalized spacial score (nSPS) is 9.94. The van der Waals surface area contributed by atoms with Gasteiger partial charge in [0, 0.05) is 18.7 Å². The average Bonchev–Trinajstić information content (AvgIpc) is 2.52. The Morgan fingerprint density at radius 2 is 1.88 bits per heavy atom. The summed E-state index contributed by atoms with van der Waals surface area (Å²) in [5.74, 6) is 0.607. The molecule has 0 saturated heterocycles. The minimum atomic E-state index is 0. The summed E-state index contributed by atoms with van der Waals surface area (Å²) in [6.45, 7) is 0. The lowest BCUT2D eigenvalue weighted by Crippen LogP contribution is -1.96. The second-order valence-electron chi connectivity index (χ2n) is 3.21. The maximum absolute atomic E-state index is 5.91. The van der Waals surface area contributed by atoms with Gasteiger partial charge in [0.2, 0.25) is 0 Å². The summed E-state index contributed by atoms with van der Waals surface area (Å²) in [4.78, 5) is 0. The van der Waals surface area contributed by atoms with Gasteiger partial charge in [-0.15, -0.1) is 12.4 Å². The second-order valence-corrected chi connectivity index (χ2v) is 4.02. The van der Waals surface area contributed by atoms with Crippen LogP contribution in [0.25, 0.3) is 11.3 Å². The van der Waals surface area contributed by atoms with Gasteiger partial charge < -0.3 is 5.73 Å². The van der Waals surface area contributed by atoms with Gasteiger partial charge in [0.1, 0.15) is 5.82 Å². The van der Waals surface area contributed by atoms with Crippen LogP contribution in [0, 0.1) is 0 Å². The van der Waals surface area contributed by atoms with Gasteiger partial charge in [-0.25, -0.2) is 0 Å². The number of nitrogens with zero attached hydrogens (tertiary/aromatic N) is 2. The quantitative estimate of drug-likeness (QED) is 0.869. The van der Waals surface area contributed by atoms with Crippen LogP contribution in [0.3, 0.4) is 0 Å². The van der Waals surface area contributed by atoms with E-state index in [0.717, 1.165) is 11.3 Å². The zero-order valence-electron chi connectivity index (χ0n) is 8.45. The van der Waals surface area contributed by atoms with Crippen LogP contribution in [0.2, 0.25) is 10.0 Å². The van der Waals surface area contributed by atoms with Crippen LogP contribution >= 0.6 is 35.6 Å². The van der Waals surface area contributed by atoms with E-state index in [2.05, 4.69) is 5.10 Å². The number of benzene rings is 1. The fourth-order valence-corrected chi connectivity index (χ4v) is 1.58. The van der Waals surface area contributed by atoms with Gasteiger partial charge >= 0.3 is 0 Å². The first-order chi connectivity index (χ1) is 7.08. The molecule has 0 amide bonds. The molecule has 6 heteroatoms. The molecule has 1 aromatic heterocycles. The Balaban J connectivity index is 0.00000128. The molecule has 2 N–H and O–H groups in total. The van der Waals surface area contributed by atoms with Crippen LogP contribution in [0.4, 0.5) is 5.82 Å². The van der Waals surface area contributed by atoms with E-state index in [1.165, 1.54) is 0 Å². The SMILES string of the molecule is Cl.Cn1nc(-c2ccc(Cl)c(Cl)c2)cc1N. The van der Waals surface area contributed by atoms with Crippen LogP contribution in [0.15, 0.2) is 24.3 Å². The summed E-state index contributed by atoms with van der Waals surface area (Å²) in [5, 5.41) is 5.29. The van der Waals surface area contributed by atoms with Gasteiger partial charge in [-0.1, -0.05) is 29.3 Å². The molecule has 1 aromatic carbocycles. The predicted octanol–water partition coefficient (Wildman–Crippen LogP) is 3.40. The zero-order chi connectivity index (χ0) is 11.0. The second kappa shape index (κ2) is 4.95. The van der Waals surface area contributed by atoms with Crippen LogP contribution in [-0.2, 0) is 7.05 Å². The van der Waals surface area contributed by atoms with Crippen molar-refractivity contribution in [3.63, 3.8) is 0 Å².